The van der Waals surface area contributed by atoms with Crippen LogP contribution in [0.5, 0.6) is 0 Å². The van der Waals surface area contributed by atoms with E-state index in [9.17, 15) is 0 Å². The second-order valence-electron chi connectivity index (χ2n) is 5.86. The molecule has 0 fully saturated rings. The molecule has 0 radical (unpaired) electrons. The molecule has 0 atom stereocenters. The minimum Gasteiger partial charge on any atom is -0.372 e. The third-order valence-electron chi connectivity index (χ3n) is 3.97. The third-order valence-corrected chi connectivity index (χ3v) is 3.97. The number of rotatable bonds is 6. The summed E-state index contributed by atoms with van der Waals surface area (Å²) in [5.74, 6) is 0. The van der Waals surface area contributed by atoms with Gasteiger partial charge in [0.25, 0.3) is 0 Å². The summed E-state index contributed by atoms with van der Waals surface area (Å²) in [5, 5.41) is 0. The molecule has 0 aliphatic rings. The first kappa shape index (κ1) is 16.3. The van der Waals surface area contributed by atoms with Crippen LogP contribution < -0.4 is 4.90 Å². The summed E-state index contributed by atoms with van der Waals surface area (Å²) in [6.45, 7) is 12.9. The Labute approximate surface area is 134 Å². The van der Waals surface area contributed by atoms with Crippen LogP contribution >= 0.6 is 0 Å². The molecule has 3 heteroatoms. The largest absolute Gasteiger partial charge is 0.372 e. The van der Waals surface area contributed by atoms with Gasteiger partial charge in [0, 0.05) is 48.5 Å². The van der Waals surface area contributed by atoms with Crippen molar-refractivity contribution in [3.63, 3.8) is 0 Å². The minimum absolute atomic E-state index is 0.482. The molecular weight excluding hydrogens is 270 g/mol. The van der Waals surface area contributed by atoms with Crippen molar-refractivity contribution in [1.82, 2.24) is 4.57 Å². The molecule has 118 valence electrons. The van der Waals surface area contributed by atoms with E-state index < -0.39 is 0 Å². The molecule has 1 heterocycles. The topological polar surface area (TPSA) is 20.5 Å². The fourth-order valence-electron chi connectivity index (χ4n) is 2.73. The predicted octanol–water partition coefficient (Wildman–Crippen LogP) is 4.97. The molecule has 1 aromatic heterocycles. The van der Waals surface area contributed by atoms with Crippen LogP contribution in [0.1, 0.15) is 45.0 Å². The Morgan fingerprint density at radius 1 is 1.14 bits per heavy atom. The van der Waals surface area contributed by atoms with Gasteiger partial charge in [0.1, 0.15) is 0 Å². The van der Waals surface area contributed by atoms with Crippen molar-refractivity contribution in [2.24, 2.45) is 4.99 Å². The Balaban J connectivity index is 2.12. The maximum Gasteiger partial charge on any atom is 0.0631 e. The van der Waals surface area contributed by atoms with Gasteiger partial charge in [-0.3, -0.25) is 4.99 Å². The lowest BCUT2D eigenvalue weighted by atomic mass is 10.2. The van der Waals surface area contributed by atoms with Gasteiger partial charge in [-0.25, -0.2) is 0 Å². The molecule has 0 spiro atoms. The number of aromatic nitrogens is 1. The van der Waals surface area contributed by atoms with E-state index in [1.807, 2.05) is 6.21 Å². The average Bonchev–Trinajstić information content (AvgIpc) is 2.89. The Hall–Kier alpha value is -2.03. The van der Waals surface area contributed by atoms with Crippen LogP contribution in [0, 0.1) is 6.92 Å². The SMILES string of the molecule is CCN(CC)c1ccc(N=Cc2cc(C)n(C(C)C)c2)cc1. The Morgan fingerprint density at radius 2 is 1.77 bits per heavy atom. The van der Waals surface area contributed by atoms with Crippen molar-refractivity contribution in [2.75, 3.05) is 18.0 Å². The van der Waals surface area contributed by atoms with E-state index in [0.29, 0.717) is 6.04 Å². The van der Waals surface area contributed by atoms with E-state index in [-0.39, 0.29) is 0 Å². The van der Waals surface area contributed by atoms with E-state index in [1.165, 1.54) is 11.4 Å². The second-order valence-corrected chi connectivity index (χ2v) is 5.86. The van der Waals surface area contributed by atoms with Crippen molar-refractivity contribution in [2.45, 2.75) is 40.7 Å². The lowest BCUT2D eigenvalue weighted by molar-refractivity contribution is 0.589. The summed E-state index contributed by atoms with van der Waals surface area (Å²) in [6.07, 6.45) is 4.10. The summed E-state index contributed by atoms with van der Waals surface area (Å²) in [6, 6.07) is 11.1. The molecule has 1 aromatic carbocycles. The van der Waals surface area contributed by atoms with Crippen molar-refractivity contribution >= 4 is 17.6 Å². The van der Waals surface area contributed by atoms with Crippen LogP contribution in [0.3, 0.4) is 0 Å². The quantitative estimate of drug-likeness (QED) is 0.689. The molecule has 0 N–H and O–H groups in total. The molecule has 22 heavy (non-hydrogen) atoms. The molecule has 0 saturated heterocycles. The van der Waals surface area contributed by atoms with Crippen molar-refractivity contribution in [3.8, 4) is 0 Å². The van der Waals surface area contributed by atoms with Crippen molar-refractivity contribution in [3.05, 3.63) is 47.8 Å². The van der Waals surface area contributed by atoms with Crippen LogP contribution in [0.25, 0.3) is 0 Å². The summed E-state index contributed by atoms with van der Waals surface area (Å²) < 4.78 is 2.27. The maximum atomic E-state index is 4.59. The highest BCUT2D eigenvalue weighted by atomic mass is 15.1. The van der Waals surface area contributed by atoms with E-state index in [4.69, 9.17) is 0 Å². The monoisotopic (exact) mass is 297 g/mol. The molecular formula is C19H27N3. The Morgan fingerprint density at radius 3 is 2.27 bits per heavy atom. The number of anilines is 1. The number of benzene rings is 1. The van der Waals surface area contributed by atoms with Gasteiger partial charge in [0.2, 0.25) is 0 Å². The van der Waals surface area contributed by atoms with Crippen molar-refractivity contribution < 1.29 is 0 Å². The van der Waals surface area contributed by atoms with Gasteiger partial charge in [-0.15, -0.1) is 0 Å². The molecule has 0 saturated carbocycles. The minimum atomic E-state index is 0.482. The molecule has 0 aliphatic heterocycles. The molecule has 0 amide bonds. The fourth-order valence-corrected chi connectivity index (χ4v) is 2.73. The first-order chi connectivity index (χ1) is 10.5. The zero-order valence-corrected chi connectivity index (χ0v) is 14.4. The lowest BCUT2D eigenvalue weighted by Gasteiger charge is -2.20. The maximum absolute atomic E-state index is 4.59. The standard InChI is InChI=1S/C19H27N3/c1-6-21(7-2)19-10-8-18(9-11-19)20-13-17-12-16(5)22(14-17)15(3)4/h8-15H,6-7H2,1-5H3. The molecule has 3 nitrogen and oxygen atoms in total. The summed E-state index contributed by atoms with van der Waals surface area (Å²) >= 11 is 0. The highest BCUT2D eigenvalue weighted by molar-refractivity contribution is 5.82. The smallest absolute Gasteiger partial charge is 0.0631 e. The van der Waals surface area contributed by atoms with Gasteiger partial charge in [0.05, 0.1) is 5.69 Å². The van der Waals surface area contributed by atoms with E-state index >= 15 is 0 Å². The van der Waals surface area contributed by atoms with Gasteiger partial charge in [-0.1, -0.05) is 0 Å². The van der Waals surface area contributed by atoms with E-state index in [2.05, 4.69) is 85.6 Å². The summed E-state index contributed by atoms with van der Waals surface area (Å²) in [4.78, 5) is 6.92. The number of aliphatic imine (C=N–C) groups is 1. The number of nitrogens with zero attached hydrogens (tertiary/aromatic N) is 3. The number of hydrogen-bond acceptors (Lipinski definition) is 2. The lowest BCUT2D eigenvalue weighted by Crippen LogP contribution is -2.21. The number of hydrogen-bond donors (Lipinski definition) is 0. The van der Waals surface area contributed by atoms with Crippen molar-refractivity contribution in [1.29, 1.82) is 0 Å². The molecule has 0 aliphatic carbocycles. The van der Waals surface area contributed by atoms with E-state index in [1.54, 1.807) is 0 Å². The molecule has 2 rings (SSSR count). The predicted molar refractivity (Wildman–Crippen MR) is 96.8 cm³/mol. The van der Waals surface area contributed by atoms with Crippen LogP contribution in [-0.2, 0) is 0 Å². The third kappa shape index (κ3) is 3.79. The van der Waals surface area contributed by atoms with Gasteiger partial charge in [0.15, 0.2) is 0 Å². The highest BCUT2D eigenvalue weighted by Gasteiger charge is 2.04. The molecule has 0 unspecified atom stereocenters. The average molecular weight is 297 g/mol. The zero-order valence-electron chi connectivity index (χ0n) is 14.4. The van der Waals surface area contributed by atoms with Crippen LogP contribution in [0.15, 0.2) is 41.5 Å². The summed E-state index contributed by atoms with van der Waals surface area (Å²) in [5.41, 5.74) is 4.67. The highest BCUT2D eigenvalue weighted by Crippen LogP contribution is 2.20. The van der Waals surface area contributed by atoms with Crippen LogP contribution in [0.2, 0.25) is 0 Å². The zero-order chi connectivity index (χ0) is 16.1. The molecule has 2 aromatic rings. The normalized spacial score (nSPS) is 11.5. The van der Waals surface area contributed by atoms with Crippen LogP contribution in [-0.4, -0.2) is 23.9 Å². The van der Waals surface area contributed by atoms with Gasteiger partial charge < -0.3 is 9.47 Å². The first-order valence-corrected chi connectivity index (χ1v) is 8.12. The first-order valence-electron chi connectivity index (χ1n) is 8.12. The van der Waals surface area contributed by atoms with Gasteiger partial charge >= 0.3 is 0 Å². The second kappa shape index (κ2) is 7.30. The fraction of sp³-hybridized carbons (Fsp3) is 0.421. The van der Waals surface area contributed by atoms with Crippen LogP contribution in [0.4, 0.5) is 11.4 Å². The summed E-state index contributed by atoms with van der Waals surface area (Å²) in [7, 11) is 0. The van der Waals surface area contributed by atoms with E-state index in [0.717, 1.165) is 24.3 Å². The molecule has 0 bridgehead atoms. The van der Waals surface area contributed by atoms with Gasteiger partial charge in [-0.2, -0.15) is 0 Å². The number of aryl methyl sites for hydroxylation is 1. The Bertz CT molecular complexity index is 617. The Kier molecular flexibility index (Phi) is 5.42. The van der Waals surface area contributed by atoms with Gasteiger partial charge in [-0.05, 0) is 65.0 Å².